The van der Waals surface area contributed by atoms with Crippen molar-refractivity contribution < 1.29 is 5.11 Å². The number of nitrogens with zero attached hydrogens (tertiary/aromatic N) is 2. The molecule has 4 heteroatoms. The van der Waals surface area contributed by atoms with Gasteiger partial charge in [-0.3, -0.25) is 4.98 Å². The number of halogens is 1. The molecule has 0 atom stereocenters. The molecule has 3 nitrogen and oxygen atoms in total. The van der Waals surface area contributed by atoms with Crippen LogP contribution >= 0.6 is 11.6 Å². The molecule has 2 rings (SSSR count). The molecule has 0 amide bonds. The Morgan fingerprint density at radius 3 is 2.92 bits per heavy atom. The van der Waals surface area contributed by atoms with Crippen molar-refractivity contribution in [2.45, 2.75) is 0 Å². The van der Waals surface area contributed by atoms with E-state index >= 15 is 0 Å². The Morgan fingerprint density at radius 2 is 2.08 bits per heavy atom. The van der Waals surface area contributed by atoms with E-state index in [1.165, 1.54) is 12.3 Å². The molecular weight excluding hydrogens is 176 g/mol. The van der Waals surface area contributed by atoms with Gasteiger partial charge in [0.25, 0.3) is 0 Å². The van der Waals surface area contributed by atoms with Gasteiger partial charge in [0.15, 0.2) is 0 Å². The topological polar surface area (TPSA) is 46.0 Å². The maximum Gasteiger partial charge on any atom is 0.148 e. The molecule has 0 saturated heterocycles. The van der Waals surface area contributed by atoms with E-state index in [0.29, 0.717) is 10.7 Å². The number of aromatic nitrogens is 2. The van der Waals surface area contributed by atoms with Gasteiger partial charge >= 0.3 is 0 Å². The number of rotatable bonds is 0. The lowest BCUT2D eigenvalue weighted by atomic mass is 10.3. The average Bonchev–Trinajstić information content (AvgIpc) is 2.03. The van der Waals surface area contributed by atoms with Crippen LogP contribution in [-0.2, 0) is 0 Å². The molecule has 1 aromatic carbocycles. The highest BCUT2D eigenvalue weighted by atomic mass is 35.5. The fourth-order valence-electron chi connectivity index (χ4n) is 0.977. The molecule has 0 bridgehead atoms. The maximum atomic E-state index is 9.11. The van der Waals surface area contributed by atoms with Crippen LogP contribution in [0.4, 0.5) is 0 Å². The van der Waals surface area contributed by atoms with Crippen molar-refractivity contribution in [1.29, 1.82) is 0 Å². The Hall–Kier alpha value is -1.35. The first-order valence-corrected chi connectivity index (χ1v) is 3.75. The zero-order valence-electron chi connectivity index (χ0n) is 6.03. The van der Waals surface area contributed by atoms with Crippen LogP contribution < -0.4 is 0 Å². The van der Waals surface area contributed by atoms with Crippen LogP contribution in [0.25, 0.3) is 11.0 Å². The third-order valence-electron chi connectivity index (χ3n) is 1.50. The highest BCUT2D eigenvalue weighted by molar-refractivity contribution is 6.29. The first kappa shape index (κ1) is 7.31. The Labute approximate surface area is 73.6 Å². The van der Waals surface area contributed by atoms with Crippen molar-refractivity contribution in [3.05, 3.63) is 29.5 Å². The first-order valence-electron chi connectivity index (χ1n) is 3.37. The quantitative estimate of drug-likeness (QED) is 0.675. The second-order valence-corrected chi connectivity index (χ2v) is 2.75. The van der Waals surface area contributed by atoms with Crippen LogP contribution in [0, 0.1) is 0 Å². The lowest BCUT2D eigenvalue weighted by Gasteiger charge is -1.96. The number of phenols is 1. The van der Waals surface area contributed by atoms with Gasteiger partial charge in [-0.05, 0) is 12.1 Å². The summed E-state index contributed by atoms with van der Waals surface area (Å²) in [7, 11) is 0. The molecule has 0 aliphatic carbocycles. The van der Waals surface area contributed by atoms with Crippen molar-refractivity contribution in [3.63, 3.8) is 0 Å². The summed E-state index contributed by atoms with van der Waals surface area (Å²) >= 11 is 5.62. The minimum atomic E-state index is 0.166. The van der Waals surface area contributed by atoms with Crippen LogP contribution in [0.5, 0.6) is 5.75 Å². The Balaban J connectivity index is 2.80. The van der Waals surface area contributed by atoms with E-state index in [0.717, 1.165) is 5.52 Å². The molecule has 0 aliphatic heterocycles. The zero-order chi connectivity index (χ0) is 8.55. The molecule has 60 valence electrons. The lowest BCUT2D eigenvalue weighted by molar-refractivity contribution is 0.476. The van der Waals surface area contributed by atoms with E-state index in [2.05, 4.69) is 9.97 Å². The molecule has 0 fully saturated rings. The molecule has 2 aromatic rings. The van der Waals surface area contributed by atoms with Crippen molar-refractivity contribution in [3.8, 4) is 5.75 Å². The highest BCUT2D eigenvalue weighted by Gasteiger charge is 1.97. The Kier molecular flexibility index (Phi) is 1.59. The van der Waals surface area contributed by atoms with Gasteiger partial charge in [0.2, 0.25) is 0 Å². The molecule has 1 heterocycles. The lowest BCUT2D eigenvalue weighted by Crippen LogP contribution is -1.82. The van der Waals surface area contributed by atoms with Gasteiger partial charge in [-0.2, -0.15) is 0 Å². The number of hydrogen-bond acceptors (Lipinski definition) is 3. The first-order chi connectivity index (χ1) is 5.75. The van der Waals surface area contributed by atoms with Gasteiger partial charge in [0.05, 0.1) is 17.2 Å². The summed E-state index contributed by atoms with van der Waals surface area (Å²) in [6.45, 7) is 0. The van der Waals surface area contributed by atoms with E-state index in [4.69, 9.17) is 16.7 Å². The molecule has 0 aliphatic rings. The number of benzene rings is 1. The van der Waals surface area contributed by atoms with Crippen molar-refractivity contribution in [2.75, 3.05) is 0 Å². The predicted octanol–water partition coefficient (Wildman–Crippen LogP) is 1.99. The SMILES string of the molecule is Oc1ccc2ncc(Cl)nc2c1. The van der Waals surface area contributed by atoms with Gasteiger partial charge in [0, 0.05) is 6.07 Å². The molecule has 1 N–H and O–H groups in total. The fraction of sp³-hybridized carbons (Fsp3) is 0. The third kappa shape index (κ3) is 1.19. The molecule has 1 aromatic heterocycles. The summed E-state index contributed by atoms with van der Waals surface area (Å²) in [6.07, 6.45) is 1.47. The zero-order valence-corrected chi connectivity index (χ0v) is 6.78. The highest BCUT2D eigenvalue weighted by Crippen LogP contribution is 2.17. The normalized spacial score (nSPS) is 10.4. The monoisotopic (exact) mass is 180 g/mol. The predicted molar refractivity (Wildman–Crippen MR) is 46.2 cm³/mol. The van der Waals surface area contributed by atoms with E-state index in [-0.39, 0.29) is 5.75 Å². The van der Waals surface area contributed by atoms with Crippen molar-refractivity contribution >= 4 is 22.6 Å². The maximum absolute atomic E-state index is 9.11. The summed E-state index contributed by atoms with van der Waals surface area (Å²) in [5, 5.41) is 9.44. The second-order valence-electron chi connectivity index (χ2n) is 2.37. The van der Waals surface area contributed by atoms with E-state index in [1.807, 2.05) is 0 Å². The largest absolute Gasteiger partial charge is 0.508 e. The average molecular weight is 181 g/mol. The van der Waals surface area contributed by atoms with E-state index in [1.54, 1.807) is 12.1 Å². The van der Waals surface area contributed by atoms with Crippen LogP contribution in [0.1, 0.15) is 0 Å². The van der Waals surface area contributed by atoms with Gasteiger partial charge in [-0.15, -0.1) is 0 Å². The van der Waals surface area contributed by atoms with E-state index in [9.17, 15) is 0 Å². The molecule has 0 unspecified atom stereocenters. The van der Waals surface area contributed by atoms with Crippen LogP contribution in [0.2, 0.25) is 5.15 Å². The van der Waals surface area contributed by atoms with Gasteiger partial charge in [-0.1, -0.05) is 11.6 Å². The standard InChI is InChI=1S/C8H5ClN2O/c9-8-4-10-6-2-1-5(12)3-7(6)11-8/h1-4,12H. The fourth-order valence-corrected chi connectivity index (χ4v) is 1.12. The molecule has 12 heavy (non-hydrogen) atoms. The smallest absolute Gasteiger partial charge is 0.148 e. The molecular formula is C8H5ClN2O. The van der Waals surface area contributed by atoms with Gasteiger partial charge in [-0.25, -0.2) is 4.98 Å². The Bertz CT molecular complexity index is 394. The summed E-state index contributed by atoms with van der Waals surface area (Å²) in [6, 6.07) is 4.77. The van der Waals surface area contributed by atoms with Crippen molar-refractivity contribution in [1.82, 2.24) is 9.97 Å². The van der Waals surface area contributed by atoms with Crippen LogP contribution in [0.15, 0.2) is 24.4 Å². The summed E-state index contributed by atoms with van der Waals surface area (Å²) in [4.78, 5) is 8.00. The molecule has 0 saturated carbocycles. The number of aromatic hydroxyl groups is 1. The number of phenolic OH excluding ortho intramolecular Hbond substituents is 1. The molecule has 0 spiro atoms. The third-order valence-corrected chi connectivity index (χ3v) is 1.68. The Morgan fingerprint density at radius 1 is 1.25 bits per heavy atom. The summed E-state index contributed by atoms with van der Waals surface area (Å²) in [5.74, 6) is 0.166. The minimum absolute atomic E-state index is 0.166. The van der Waals surface area contributed by atoms with Crippen LogP contribution in [0.3, 0.4) is 0 Å². The van der Waals surface area contributed by atoms with E-state index < -0.39 is 0 Å². The van der Waals surface area contributed by atoms with Crippen LogP contribution in [-0.4, -0.2) is 15.1 Å². The number of fused-ring (bicyclic) bond motifs is 1. The number of hydrogen-bond donors (Lipinski definition) is 1. The molecule has 0 radical (unpaired) electrons. The summed E-state index contributed by atoms with van der Waals surface area (Å²) in [5.41, 5.74) is 1.32. The van der Waals surface area contributed by atoms with Crippen molar-refractivity contribution in [2.24, 2.45) is 0 Å². The minimum Gasteiger partial charge on any atom is -0.508 e. The van der Waals surface area contributed by atoms with Gasteiger partial charge < -0.3 is 5.11 Å². The summed E-state index contributed by atoms with van der Waals surface area (Å²) < 4.78 is 0. The van der Waals surface area contributed by atoms with Gasteiger partial charge in [0.1, 0.15) is 10.9 Å². The second kappa shape index (κ2) is 2.60.